The van der Waals surface area contributed by atoms with E-state index in [1.807, 2.05) is 23.7 Å². The van der Waals surface area contributed by atoms with Gasteiger partial charge in [0.05, 0.1) is 32.7 Å². The van der Waals surface area contributed by atoms with Crippen molar-refractivity contribution in [2.45, 2.75) is 45.6 Å². The number of benzene rings is 1. The lowest BCUT2D eigenvalue weighted by Gasteiger charge is -2.21. The molecule has 1 aliphatic rings. The minimum absolute atomic E-state index is 0.167. The largest absolute Gasteiger partial charge is 0.493 e. The van der Waals surface area contributed by atoms with Crippen molar-refractivity contribution < 1.29 is 19.0 Å². The SMILES string of the molecule is CCCCc1nc(Cl)c(C2CC(c3cc(OC)c(OC)c(OC)c3)=NN2C(C)=O)n1C. The molecule has 0 bridgehead atoms. The highest BCUT2D eigenvalue weighted by molar-refractivity contribution is 6.30. The summed E-state index contributed by atoms with van der Waals surface area (Å²) in [6, 6.07) is 3.32. The Balaban J connectivity index is 2.02. The number of rotatable bonds is 8. The number of carbonyl (C=O) groups excluding carboxylic acids is 1. The molecule has 0 spiro atoms. The van der Waals surface area contributed by atoms with Crippen molar-refractivity contribution in [1.29, 1.82) is 0 Å². The summed E-state index contributed by atoms with van der Waals surface area (Å²) in [4.78, 5) is 17.0. The minimum atomic E-state index is -0.341. The van der Waals surface area contributed by atoms with Crippen molar-refractivity contribution >= 4 is 23.2 Å². The first kappa shape index (κ1) is 22.9. The maximum absolute atomic E-state index is 12.4. The van der Waals surface area contributed by atoms with E-state index < -0.39 is 0 Å². The maximum atomic E-state index is 12.4. The number of hydrogen-bond acceptors (Lipinski definition) is 6. The van der Waals surface area contributed by atoms with Gasteiger partial charge in [-0.25, -0.2) is 9.99 Å². The first-order valence-corrected chi connectivity index (χ1v) is 10.6. The van der Waals surface area contributed by atoms with E-state index in [1.54, 1.807) is 21.3 Å². The lowest BCUT2D eigenvalue weighted by atomic mass is 10.0. The molecule has 2 aromatic rings. The molecule has 168 valence electrons. The fraction of sp³-hybridized carbons (Fsp3) is 0.500. The number of ether oxygens (including phenoxy) is 3. The topological polar surface area (TPSA) is 78.2 Å². The highest BCUT2D eigenvalue weighted by atomic mass is 35.5. The molecule has 31 heavy (non-hydrogen) atoms. The number of unbranched alkanes of at least 4 members (excludes halogenated alkanes) is 1. The zero-order valence-corrected chi connectivity index (χ0v) is 19.6. The molecule has 0 fully saturated rings. The minimum Gasteiger partial charge on any atom is -0.493 e. The lowest BCUT2D eigenvalue weighted by molar-refractivity contribution is -0.130. The summed E-state index contributed by atoms with van der Waals surface area (Å²) in [5.41, 5.74) is 2.30. The number of aryl methyl sites for hydroxylation is 1. The van der Waals surface area contributed by atoms with Crippen LogP contribution in [0.1, 0.15) is 56.2 Å². The van der Waals surface area contributed by atoms with E-state index in [1.165, 1.54) is 11.9 Å². The fourth-order valence-electron chi connectivity index (χ4n) is 3.88. The van der Waals surface area contributed by atoms with Crippen LogP contribution >= 0.6 is 11.6 Å². The first-order chi connectivity index (χ1) is 14.9. The highest BCUT2D eigenvalue weighted by Gasteiger charge is 2.36. The van der Waals surface area contributed by atoms with Crippen LogP contribution in [0.15, 0.2) is 17.2 Å². The average molecular weight is 449 g/mol. The molecule has 1 aromatic carbocycles. The summed E-state index contributed by atoms with van der Waals surface area (Å²) < 4.78 is 18.3. The van der Waals surface area contributed by atoms with Gasteiger partial charge in [0.15, 0.2) is 16.7 Å². The molecule has 1 unspecified atom stereocenters. The Labute approximate surface area is 187 Å². The average Bonchev–Trinajstić information content (AvgIpc) is 3.31. The van der Waals surface area contributed by atoms with Crippen LogP contribution in [0.2, 0.25) is 5.15 Å². The lowest BCUT2D eigenvalue weighted by Crippen LogP contribution is -2.26. The number of carbonyl (C=O) groups is 1. The zero-order chi connectivity index (χ0) is 22.7. The number of nitrogens with zero attached hydrogens (tertiary/aromatic N) is 4. The van der Waals surface area contributed by atoms with Gasteiger partial charge >= 0.3 is 0 Å². The molecule has 0 saturated heterocycles. The van der Waals surface area contributed by atoms with Crippen LogP contribution < -0.4 is 14.2 Å². The Morgan fingerprint density at radius 2 is 1.84 bits per heavy atom. The molecule has 0 saturated carbocycles. The molecule has 8 nitrogen and oxygen atoms in total. The van der Waals surface area contributed by atoms with Crippen LogP contribution in [0.5, 0.6) is 17.2 Å². The molecule has 3 rings (SSSR count). The number of aromatic nitrogens is 2. The summed E-state index contributed by atoms with van der Waals surface area (Å²) in [5.74, 6) is 2.30. The smallest absolute Gasteiger partial charge is 0.240 e. The van der Waals surface area contributed by atoms with Gasteiger partial charge in [0.2, 0.25) is 11.7 Å². The van der Waals surface area contributed by atoms with Crippen LogP contribution in [0.25, 0.3) is 0 Å². The Bertz CT molecular complexity index is 977. The summed E-state index contributed by atoms with van der Waals surface area (Å²) in [5, 5.41) is 6.51. The maximum Gasteiger partial charge on any atom is 0.240 e. The normalized spacial score (nSPS) is 15.8. The van der Waals surface area contributed by atoms with Crippen molar-refractivity contribution in [2.75, 3.05) is 21.3 Å². The van der Waals surface area contributed by atoms with Gasteiger partial charge in [0.25, 0.3) is 0 Å². The number of amides is 1. The molecule has 2 heterocycles. The molecule has 9 heteroatoms. The molecule has 0 aliphatic carbocycles. The third-order valence-corrected chi connectivity index (χ3v) is 5.77. The second-order valence-electron chi connectivity index (χ2n) is 7.41. The van der Waals surface area contributed by atoms with Crippen LogP contribution in [0.3, 0.4) is 0 Å². The molecule has 1 aromatic heterocycles. The summed E-state index contributed by atoms with van der Waals surface area (Å²) in [6.45, 7) is 3.63. The molecule has 1 atom stereocenters. The van der Waals surface area contributed by atoms with E-state index in [0.717, 1.165) is 42.1 Å². The second kappa shape index (κ2) is 9.60. The molecular formula is C22H29ClN4O4. The van der Waals surface area contributed by atoms with Crippen molar-refractivity contribution in [3.63, 3.8) is 0 Å². The summed E-state index contributed by atoms with van der Waals surface area (Å²) in [6.07, 6.45) is 3.41. The Hall–Kier alpha value is -2.74. The van der Waals surface area contributed by atoms with Gasteiger partial charge in [-0.05, 0) is 18.6 Å². The van der Waals surface area contributed by atoms with E-state index in [4.69, 9.17) is 25.8 Å². The highest BCUT2D eigenvalue weighted by Crippen LogP contribution is 2.41. The standard InChI is InChI=1S/C22H29ClN4O4/c1-7-8-9-19-24-22(23)20(26(19)3)16-12-15(25-27(16)13(2)28)14-10-17(29-4)21(31-6)18(11-14)30-5/h10-11,16H,7-9,12H2,1-6H3. The van der Waals surface area contributed by atoms with E-state index in [9.17, 15) is 4.79 Å². The number of hydrazone groups is 1. The third-order valence-electron chi connectivity index (χ3n) is 5.49. The zero-order valence-electron chi connectivity index (χ0n) is 18.9. The van der Waals surface area contributed by atoms with E-state index in [0.29, 0.717) is 28.8 Å². The molecule has 1 amide bonds. The molecule has 1 aliphatic heterocycles. The Kier molecular flexibility index (Phi) is 7.10. The summed E-state index contributed by atoms with van der Waals surface area (Å²) in [7, 11) is 6.63. The Morgan fingerprint density at radius 3 is 2.35 bits per heavy atom. The third kappa shape index (κ3) is 4.35. The van der Waals surface area contributed by atoms with Gasteiger partial charge in [-0.3, -0.25) is 4.79 Å². The van der Waals surface area contributed by atoms with Crippen molar-refractivity contribution in [1.82, 2.24) is 14.6 Å². The van der Waals surface area contributed by atoms with Crippen molar-refractivity contribution in [3.8, 4) is 17.2 Å². The quantitative estimate of drug-likeness (QED) is 0.606. The summed E-state index contributed by atoms with van der Waals surface area (Å²) >= 11 is 6.53. The predicted octanol–water partition coefficient (Wildman–Crippen LogP) is 4.14. The van der Waals surface area contributed by atoms with Crippen LogP contribution in [-0.2, 0) is 18.3 Å². The first-order valence-electron chi connectivity index (χ1n) is 10.2. The fourth-order valence-corrected chi connectivity index (χ4v) is 4.23. The molecule has 0 N–H and O–H groups in total. The van der Waals surface area contributed by atoms with Gasteiger partial charge in [-0.1, -0.05) is 24.9 Å². The molecular weight excluding hydrogens is 420 g/mol. The van der Waals surface area contributed by atoms with Crippen LogP contribution in [0.4, 0.5) is 0 Å². The van der Waals surface area contributed by atoms with Gasteiger partial charge in [-0.15, -0.1) is 0 Å². The van der Waals surface area contributed by atoms with E-state index in [2.05, 4.69) is 17.0 Å². The van der Waals surface area contributed by atoms with Crippen LogP contribution in [-0.4, -0.2) is 47.5 Å². The molecule has 0 radical (unpaired) electrons. The second-order valence-corrected chi connectivity index (χ2v) is 7.77. The van der Waals surface area contributed by atoms with Crippen LogP contribution in [0, 0.1) is 0 Å². The van der Waals surface area contributed by atoms with Gasteiger partial charge in [0.1, 0.15) is 11.9 Å². The predicted molar refractivity (Wildman–Crippen MR) is 119 cm³/mol. The van der Waals surface area contributed by atoms with Gasteiger partial charge < -0.3 is 18.8 Å². The number of imidazole rings is 1. The van der Waals surface area contributed by atoms with Crippen molar-refractivity contribution in [2.24, 2.45) is 12.1 Å². The van der Waals surface area contributed by atoms with Gasteiger partial charge in [0, 0.05) is 32.4 Å². The monoisotopic (exact) mass is 448 g/mol. The van der Waals surface area contributed by atoms with E-state index in [-0.39, 0.29) is 11.9 Å². The number of methoxy groups -OCH3 is 3. The van der Waals surface area contributed by atoms with Crippen molar-refractivity contribution in [3.05, 3.63) is 34.4 Å². The number of hydrogen-bond donors (Lipinski definition) is 0. The number of halogens is 1. The Morgan fingerprint density at radius 1 is 1.19 bits per heavy atom. The van der Waals surface area contributed by atoms with E-state index >= 15 is 0 Å². The van der Waals surface area contributed by atoms with Gasteiger partial charge in [-0.2, -0.15) is 5.10 Å².